The molecule has 7 nitrogen and oxygen atoms in total. The van der Waals surface area contributed by atoms with Crippen LogP contribution in [-0.4, -0.2) is 53.4 Å². The Balaban J connectivity index is 1.80. The first kappa shape index (κ1) is 22.3. The number of fused-ring (bicyclic) bond motifs is 2. The molecule has 0 bridgehead atoms. The highest BCUT2D eigenvalue weighted by atomic mass is 19.1. The van der Waals surface area contributed by atoms with Gasteiger partial charge in [-0.05, 0) is 44.4 Å². The maximum absolute atomic E-state index is 14.4. The zero-order chi connectivity index (χ0) is 24.2. The molecule has 3 aliphatic heterocycles. The van der Waals surface area contributed by atoms with E-state index in [1.165, 1.54) is 21.9 Å². The first-order valence-electron chi connectivity index (χ1n) is 11.4. The van der Waals surface area contributed by atoms with E-state index in [0.29, 0.717) is 36.4 Å². The Kier molecular flexibility index (Phi) is 5.28. The summed E-state index contributed by atoms with van der Waals surface area (Å²) in [5.74, 6) is -3.50. The molecule has 0 unspecified atom stereocenters. The van der Waals surface area contributed by atoms with Crippen LogP contribution in [-0.2, 0) is 24.7 Å². The second-order valence-electron chi connectivity index (χ2n) is 8.84. The Morgan fingerprint density at radius 3 is 2.65 bits per heavy atom. The first-order chi connectivity index (χ1) is 16.3. The SMILES string of the molecule is CCN1C(=O)[C@]2(C(=C(O)c3ccc(C)c(F)c3)C(=O)C(=O)N2C[C@H]2CCCO2)c2ccccc21. The number of hydrogen-bond donors (Lipinski definition) is 1. The largest absolute Gasteiger partial charge is 0.507 e. The fraction of sp³-hybridized carbons (Fsp3) is 0.346. The molecule has 5 rings (SSSR count). The number of nitrogens with zero attached hydrogens (tertiary/aromatic N) is 2. The van der Waals surface area contributed by atoms with Gasteiger partial charge < -0.3 is 19.6 Å². The topological polar surface area (TPSA) is 87.2 Å². The Labute approximate surface area is 196 Å². The van der Waals surface area contributed by atoms with Crippen molar-refractivity contribution in [2.24, 2.45) is 0 Å². The summed E-state index contributed by atoms with van der Waals surface area (Å²) in [6.45, 7) is 4.25. The van der Waals surface area contributed by atoms with Gasteiger partial charge in [-0.2, -0.15) is 0 Å². The number of aliphatic hydroxyl groups is 1. The molecule has 0 saturated carbocycles. The minimum Gasteiger partial charge on any atom is -0.507 e. The Hall–Kier alpha value is -3.52. The lowest BCUT2D eigenvalue weighted by Crippen LogP contribution is -2.53. The number of amides is 2. The molecule has 0 aromatic heterocycles. The van der Waals surface area contributed by atoms with Gasteiger partial charge in [0.1, 0.15) is 11.6 Å². The fourth-order valence-corrected chi connectivity index (χ4v) is 5.31. The number of rotatable bonds is 4. The summed E-state index contributed by atoms with van der Waals surface area (Å²) in [6, 6.07) is 11.0. The molecule has 0 aliphatic carbocycles. The molecular formula is C26H25FN2O5. The van der Waals surface area contributed by atoms with Gasteiger partial charge in [-0.3, -0.25) is 14.4 Å². The summed E-state index contributed by atoms with van der Waals surface area (Å²) in [5.41, 5.74) is -0.795. The van der Waals surface area contributed by atoms with E-state index in [1.807, 2.05) is 0 Å². The van der Waals surface area contributed by atoms with Crippen molar-refractivity contribution < 1.29 is 28.6 Å². The number of aryl methyl sites for hydroxylation is 1. The maximum atomic E-state index is 14.4. The van der Waals surface area contributed by atoms with E-state index in [4.69, 9.17) is 4.74 Å². The van der Waals surface area contributed by atoms with Gasteiger partial charge >= 0.3 is 0 Å². The number of hydrogen-bond acceptors (Lipinski definition) is 5. The molecule has 1 N–H and O–H groups in total. The molecule has 2 aromatic carbocycles. The Morgan fingerprint density at radius 2 is 1.97 bits per heavy atom. The van der Waals surface area contributed by atoms with Crippen LogP contribution in [0.5, 0.6) is 0 Å². The number of halogens is 1. The fourth-order valence-electron chi connectivity index (χ4n) is 5.31. The normalized spacial score (nSPS) is 25.6. The highest BCUT2D eigenvalue weighted by Crippen LogP contribution is 2.53. The number of ketones is 1. The molecule has 3 heterocycles. The van der Waals surface area contributed by atoms with E-state index in [9.17, 15) is 23.9 Å². The predicted octanol–water partition coefficient (Wildman–Crippen LogP) is 3.26. The van der Waals surface area contributed by atoms with Crippen molar-refractivity contribution in [1.29, 1.82) is 0 Å². The van der Waals surface area contributed by atoms with Gasteiger partial charge in [0, 0.05) is 30.8 Å². The lowest BCUT2D eigenvalue weighted by atomic mass is 9.81. The molecular weight excluding hydrogens is 439 g/mol. The number of benzene rings is 2. The number of anilines is 1. The highest BCUT2D eigenvalue weighted by Gasteiger charge is 2.67. The van der Waals surface area contributed by atoms with Crippen LogP contribution in [0.4, 0.5) is 10.1 Å². The minimum absolute atomic E-state index is 0.0258. The lowest BCUT2D eigenvalue weighted by molar-refractivity contribution is -0.145. The van der Waals surface area contributed by atoms with Gasteiger partial charge in [-0.1, -0.05) is 30.3 Å². The molecule has 176 valence electrons. The standard InChI is InChI=1S/C26H25FN2O5/c1-3-28-20-9-5-4-8-18(20)26(25(28)33)21(22(30)16-11-10-15(2)19(27)13-16)23(31)24(32)29(26)14-17-7-6-12-34-17/h4-5,8-11,13,17,30H,3,6-7,12,14H2,1-2H3/t17-,26-/m1/s1. The van der Waals surface area contributed by atoms with Gasteiger partial charge in [0.25, 0.3) is 17.6 Å². The summed E-state index contributed by atoms with van der Waals surface area (Å²) < 4.78 is 20.1. The molecule has 0 radical (unpaired) electrons. The van der Waals surface area contributed by atoms with E-state index < -0.39 is 34.7 Å². The van der Waals surface area contributed by atoms with Crippen molar-refractivity contribution >= 4 is 29.0 Å². The first-order valence-corrected chi connectivity index (χ1v) is 11.4. The van der Waals surface area contributed by atoms with Crippen LogP contribution >= 0.6 is 0 Å². The molecule has 2 atom stereocenters. The number of Topliss-reactive ketones (excluding diaryl/α,β-unsaturated/α-hetero) is 1. The molecule has 2 saturated heterocycles. The van der Waals surface area contributed by atoms with Crippen LogP contribution in [0, 0.1) is 12.7 Å². The monoisotopic (exact) mass is 464 g/mol. The van der Waals surface area contributed by atoms with Crippen molar-refractivity contribution in [3.63, 3.8) is 0 Å². The number of para-hydroxylation sites is 1. The van der Waals surface area contributed by atoms with Crippen molar-refractivity contribution in [3.8, 4) is 0 Å². The molecule has 2 fully saturated rings. The van der Waals surface area contributed by atoms with E-state index in [-0.39, 0.29) is 23.8 Å². The summed E-state index contributed by atoms with van der Waals surface area (Å²) in [6.07, 6.45) is 1.17. The Morgan fingerprint density at radius 1 is 1.21 bits per heavy atom. The second kappa shape index (κ2) is 8.06. The second-order valence-corrected chi connectivity index (χ2v) is 8.84. The van der Waals surface area contributed by atoms with Gasteiger partial charge in [0.05, 0.1) is 17.4 Å². The Bertz CT molecular complexity index is 1250. The number of carbonyl (C=O) groups is 3. The van der Waals surface area contributed by atoms with Crippen LogP contribution in [0.1, 0.15) is 36.5 Å². The zero-order valence-electron chi connectivity index (χ0n) is 19.0. The van der Waals surface area contributed by atoms with E-state index in [2.05, 4.69) is 0 Å². The molecule has 1 spiro atoms. The van der Waals surface area contributed by atoms with Crippen LogP contribution in [0.3, 0.4) is 0 Å². The van der Waals surface area contributed by atoms with Crippen molar-refractivity contribution in [3.05, 3.63) is 70.5 Å². The number of likely N-dealkylation sites (tertiary alicyclic amines) is 1. The number of ether oxygens (including phenoxy) is 1. The summed E-state index contributed by atoms with van der Waals surface area (Å²) in [4.78, 5) is 43.7. The van der Waals surface area contributed by atoms with Gasteiger partial charge in [-0.15, -0.1) is 0 Å². The van der Waals surface area contributed by atoms with Crippen LogP contribution < -0.4 is 4.90 Å². The smallest absolute Gasteiger partial charge is 0.296 e. The van der Waals surface area contributed by atoms with Gasteiger partial charge in [0.2, 0.25) is 0 Å². The predicted molar refractivity (Wildman–Crippen MR) is 123 cm³/mol. The zero-order valence-corrected chi connectivity index (χ0v) is 19.0. The number of likely N-dealkylation sites (N-methyl/N-ethyl adjacent to an activating group) is 1. The minimum atomic E-state index is -1.85. The van der Waals surface area contributed by atoms with Crippen LogP contribution in [0.25, 0.3) is 5.76 Å². The summed E-state index contributed by atoms with van der Waals surface area (Å²) in [5, 5.41) is 11.3. The highest BCUT2D eigenvalue weighted by molar-refractivity contribution is 6.50. The van der Waals surface area contributed by atoms with E-state index in [0.717, 1.165) is 12.5 Å². The molecule has 2 aromatic rings. The molecule has 8 heteroatoms. The number of carbonyl (C=O) groups excluding carboxylic acids is 3. The molecule has 2 amide bonds. The third kappa shape index (κ3) is 2.94. The average Bonchev–Trinajstić information content (AvgIpc) is 3.49. The number of aliphatic hydroxyl groups excluding tert-OH is 1. The quantitative estimate of drug-likeness (QED) is 0.426. The van der Waals surface area contributed by atoms with Crippen molar-refractivity contribution in [2.45, 2.75) is 38.3 Å². The van der Waals surface area contributed by atoms with Crippen molar-refractivity contribution in [2.75, 3.05) is 24.6 Å². The van der Waals surface area contributed by atoms with E-state index >= 15 is 0 Å². The third-order valence-electron chi connectivity index (χ3n) is 6.98. The van der Waals surface area contributed by atoms with Crippen LogP contribution in [0.15, 0.2) is 48.0 Å². The van der Waals surface area contributed by atoms with Crippen LogP contribution in [0.2, 0.25) is 0 Å². The summed E-state index contributed by atoms with van der Waals surface area (Å²) in [7, 11) is 0. The van der Waals surface area contributed by atoms with E-state index in [1.54, 1.807) is 38.1 Å². The van der Waals surface area contributed by atoms with Gasteiger partial charge in [-0.25, -0.2) is 4.39 Å². The third-order valence-corrected chi connectivity index (χ3v) is 6.98. The average molecular weight is 464 g/mol. The summed E-state index contributed by atoms with van der Waals surface area (Å²) >= 11 is 0. The van der Waals surface area contributed by atoms with Crippen molar-refractivity contribution in [1.82, 2.24) is 4.90 Å². The lowest BCUT2D eigenvalue weighted by Gasteiger charge is -2.35. The maximum Gasteiger partial charge on any atom is 0.296 e. The van der Waals surface area contributed by atoms with Gasteiger partial charge in [0.15, 0.2) is 5.54 Å². The molecule has 3 aliphatic rings. The molecule has 34 heavy (non-hydrogen) atoms.